The van der Waals surface area contributed by atoms with E-state index in [4.69, 9.17) is 21.1 Å². The molecule has 2 N–H and O–H groups in total. The molecule has 3 nitrogen and oxygen atoms in total. The van der Waals surface area contributed by atoms with E-state index in [1.165, 1.54) is 6.42 Å². The summed E-state index contributed by atoms with van der Waals surface area (Å²) in [5.74, 6) is 0.856. The maximum absolute atomic E-state index is 6.20. The van der Waals surface area contributed by atoms with Crippen molar-refractivity contribution in [2.45, 2.75) is 26.3 Å². The van der Waals surface area contributed by atoms with Gasteiger partial charge < -0.3 is 14.8 Å². The van der Waals surface area contributed by atoms with Crippen molar-refractivity contribution in [2.24, 2.45) is 0 Å². The van der Waals surface area contributed by atoms with Crippen molar-refractivity contribution < 1.29 is 14.8 Å². The second-order valence-corrected chi connectivity index (χ2v) is 5.87. The van der Waals surface area contributed by atoms with Crippen molar-refractivity contribution in [1.82, 2.24) is 0 Å². The third kappa shape index (κ3) is 4.87. The maximum atomic E-state index is 6.20. The highest BCUT2D eigenvalue weighted by Crippen LogP contribution is 2.31. The Morgan fingerprint density at radius 1 is 1.05 bits per heavy atom. The van der Waals surface area contributed by atoms with Crippen LogP contribution in [0.2, 0.25) is 5.02 Å². The van der Waals surface area contributed by atoms with Crippen LogP contribution in [0, 0.1) is 0 Å². The number of fused-ring (bicyclic) bond motifs is 1. The Morgan fingerprint density at radius 3 is 2.59 bits per heavy atom. The molecule has 22 heavy (non-hydrogen) atoms. The fraction of sp³-hybridized carbons (Fsp3) is 0.444. The average Bonchev–Trinajstić information content (AvgIpc) is 2.55. The van der Waals surface area contributed by atoms with Gasteiger partial charge in [-0.25, -0.2) is 0 Å². The number of benzene rings is 2. The van der Waals surface area contributed by atoms with Gasteiger partial charge in [-0.05, 0) is 25.5 Å². The van der Waals surface area contributed by atoms with E-state index in [2.05, 4.69) is 19.2 Å². The summed E-state index contributed by atoms with van der Waals surface area (Å²) >= 11 is 6.20. The highest BCUT2D eigenvalue weighted by atomic mass is 35.5. The average molecular weight is 323 g/mol. The molecule has 2 aromatic carbocycles. The Balaban J connectivity index is 1.75. The van der Waals surface area contributed by atoms with Crippen LogP contribution in [-0.2, 0) is 4.74 Å². The molecule has 0 aliphatic carbocycles. The summed E-state index contributed by atoms with van der Waals surface area (Å²) < 4.78 is 11.4. The van der Waals surface area contributed by atoms with E-state index in [0.29, 0.717) is 19.3 Å². The zero-order chi connectivity index (χ0) is 15.8. The van der Waals surface area contributed by atoms with Crippen LogP contribution in [0.3, 0.4) is 0 Å². The van der Waals surface area contributed by atoms with Crippen LogP contribution < -0.4 is 10.1 Å². The van der Waals surface area contributed by atoms with Gasteiger partial charge in [0.15, 0.2) is 0 Å². The zero-order valence-corrected chi connectivity index (χ0v) is 14.1. The molecule has 1 atom stereocenters. The third-order valence-corrected chi connectivity index (χ3v) is 4.12. The van der Waals surface area contributed by atoms with Gasteiger partial charge in [0.25, 0.3) is 0 Å². The number of halogens is 1. The maximum Gasteiger partial charge on any atom is 0.127 e. The monoisotopic (exact) mass is 322 g/mol. The van der Waals surface area contributed by atoms with Crippen LogP contribution in [0.1, 0.15) is 20.3 Å². The van der Waals surface area contributed by atoms with E-state index in [1.54, 1.807) is 0 Å². The minimum absolute atomic E-state index is 0.551. The van der Waals surface area contributed by atoms with Crippen LogP contribution >= 0.6 is 11.6 Å². The summed E-state index contributed by atoms with van der Waals surface area (Å²) in [6.07, 6.45) is 1.19. The predicted octanol–water partition coefficient (Wildman–Crippen LogP) is 3.25. The molecular weight excluding hydrogens is 298 g/mol. The molecule has 4 heteroatoms. The molecule has 0 aromatic heterocycles. The van der Waals surface area contributed by atoms with Crippen LogP contribution in [-0.4, -0.2) is 32.4 Å². The largest absolute Gasteiger partial charge is 0.491 e. The van der Waals surface area contributed by atoms with Gasteiger partial charge in [-0.3, -0.25) is 0 Å². The predicted molar refractivity (Wildman–Crippen MR) is 91.8 cm³/mol. The summed E-state index contributed by atoms with van der Waals surface area (Å²) in [7, 11) is 0. The van der Waals surface area contributed by atoms with E-state index in [-0.39, 0.29) is 0 Å². The molecule has 0 unspecified atom stereocenters. The van der Waals surface area contributed by atoms with Crippen molar-refractivity contribution in [3.8, 4) is 5.75 Å². The van der Waals surface area contributed by atoms with Crippen molar-refractivity contribution in [3.63, 3.8) is 0 Å². The standard InChI is InChI=1S/C18H24ClNO2/c1-3-14(2)20-10-11-21-12-13-22-18-9-8-17(19)15-6-4-5-7-16(15)18/h4-9,14,20H,3,10-13H2,1-2H3/p+1/t14-/m0/s1. The summed E-state index contributed by atoms with van der Waals surface area (Å²) in [5.41, 5.74) is 0. The van der Waals surface area contributed by atoms with Crippen molar-refractivity contribution in [3.05, 3.63) is 41.4 Å². The molecule has 0 heterocycles. The number of quaternary nitrogens is 1. The SMILES string of the molecule is CC[C@H](C)[NH2+]CCOCCOc1ccc(Cl)c2ccccc12. The van der Waals surface area contributed by atoms with Crippen molar-refractivity contribution in [1.29, 1.82) is 0 Å². The number of hydrogen-bond donors (Lipinski definition) is 1. The van der Waals surface area contributed by atoms with Crippen LogP contribution in [0.15, 0.2) is 36.4 Å². The molecule has 2 aromatic rings. The third-order valence-electron chi connectivity index (χ3n) is 3.79. The molecule has 0 saturated heterocycles. The van der Waals surface area contributed by atoms with E-state index >= 15 is 0 Å². The molecule has 0 spiro atoms. The first-order valence-electron chi connectivity index (χ1n) is 7.93. The van der Waals surface area contributed by atoms with Gasteiger partial charge >= 0.3 is 0 Å². The summed E-state index contributed by atoms with van der Waals surface area (Å²) in [6, 6.07) is 12.5. The smallest absolute Gasteiger partial charge is 0.127 e. The second kappa shape index (κ2) is 8.99. The minimum Gasteiger partial charge on any atom is -0.491 e. The quantitative estimate of drug-likeness (QED) is 0.719. The number of ether oxygens (including phenoxy) is 2. The molecule has 0 saturated carbocycles. The lowest BCUT2D eigenvalue weighted by Gasteiger charge is -2.11. The van der Waals surface area contributed by atoms with Gasteiger partial charge in [-0.2, -0.15) is 0 Å². The van der Waals surface area contributed by atoms with Gasteiger partial charge in [0, 0.05) is 15.8 Å². The number of hydrogen-bond acceptors (Lipinski definition) is 2. The Bertz CT molecular complexity index is 588. The molecule has 0 fully saturated rings. The number of rotatable bonds is 9. The van der Waals surface area contributed by atoms with Gasteiger partial charge in [-0.1, -0.05) is 42.8 Å². The lowest BCUT2D eigenvalue weighted by molar-refractivity contribution is -0.687. The molecule has 0 radical (unpaired) electrons. The van der Waals surface area contributed by atoms with Gasteiger partial charge in [0.1, 0.15) is 12.4 Å². The number of nitrogens with two attached hydrogens (primary N) is 1. The Labute approximate surface area is 137 Å². The molecule has 0 aliphatic rings. The Kier molecular flexibility index (Phi) is 6.97. The summed E-state index contributed by atoms with van der Waals surface area (Å²) in [5, 5.41) is 5.12. The molecule has 0 aliphatic heterocycles. The first-order valence-corrected chi connectivity index (χ1v) is 8.31. The summed E-state index contributed by atoms with van der Waals surface area (Å²) in [4.78, 5) is 0. The minimum atomic E-state index is 0.551. The fourth-order valence-electron chi connectivity index (χ4n) is 2.28. The normalized spacial score (nSPS) is 12.5. The Morgan fingerprint density at radius 2 is 1.82 bits per heavy atom. The van der Waals surface area contributed by atoms with Gasteiger partial charge in [0.2, 0.25) is 0 Å². The lowest BCUT2D eigenvalue weighted by Crippen LogP contribution is -2.90. The molecule has 0 bridgehead atoms. The van der Waals surface area contributed by atoms with E-state index < -0.39 is 0 Å². The summed E-state index contributed by atoms with van der Waals surface area (Å²) in [6.45, 7) is 7.34. The van der Waals surface area contributed by atoms with E-state index in [1.807, 2.05) is 36.4 Å². The second-order valence-electron chi connectivity index (χ2n) is 5.46. The lowest BCUT2D eigenvalue weighted by atomic mass is 10.1. The van der Waals surface area contributed by atoms with Gasteiger partial charge in [-0.15, -0.1) is 0 Å². The Hall–Kier alpha value is -1.29. The molecule has 2 rings (SSSR count). The van der Waals surface area contributed by atoms with E-state index in [9.17, 15) is 0 Å². The fourth-order valence-corrected chi connectivity index (χ4v) is 2.50. The van der Waals surface area contributed by atoms with E-state index in [0.717, 1.165) is 34.7 Å². The van der Waals surface area contributed by atoms with Crippen molar-refractivity contribution >= 4 is 22.4 Å². The van der Waals surface area contributed by atoms with Gasteiger partial charge in [0.05, 0.1) is 25.8 Å². The zero-order valence-electron chi connectivity index (χ0n) is 13.3. The first kappa shape index (κ1) is 17.1. The van der Waals surface area contributed by atoms with Crippen LogP contribution in [0.25, 0.3) is 10.8 Å². The van der Waals surface area contributed by atoms with Crippen LogP contribution in [0.4, 0.5) is 0 Å². The molecule has 120 valence electrons. The first-order chi connectivity index (χ1) is 10.7. The van der Waals surface area contributed by atoms with Crippen molar-refractivity contribution in [2.75, 3.05) is 26.4 Å². The highest BCUT2D eigenvalue weighted by Gasteiger charge is 2.05. The highest BCUT2D eigenvalue weighted by molar-refractivity contribution is 6.35. The molecular formula is C18H25ClNO2+. The van der Waals surface area contributed by atoms with Crippen LogP contribution in [0.5, 0.6) is 5.75 Å². The molecule has 0 amide bonds. The topological polar surface area (TPSA) is 35.1 Å².